The van der Waals surface area contributed by atoms with Crippen molar-refractivity contribution in [1.29, 1.82) is 0 Å². The van der Waals surface area contributed by atoms with E-state index in [4.69, 9.17) is 4.74 Å². The molecule has 0 bridgehead atoms. The molecule has 0 unspecified atom stereocenters. The maximum absolute atomic E-state index is 12.5. The van der Waals surface area contributed by atoms with Crippen LogP contribution in [0.5, 0.6) is 0 Å². The predicted molar refractivity (Wildman–Crippen MR) is 75.6 cm³/mol. The van der Waals surface area contributed by atoms with Crippen molar-refractivity contribution in [1.82, 2.24) is 15.2 Å². The lowest BCUT2D eigenvalue weighted by atomic mass is 10.1. The van der Waals surface area contributed by atoms with E-state index >= 15 is 0 Å². The fourth-order valence-electron chi connectivity index (χ4n) is 2.39. The molecule has 2 amide bonds. The number of urea groups is 1. The van der Waals surface area contributed by atoms with Gasteiger partial charge in [-0.15, -0.1) is 11.3 Å². The van der Waals surface area contributed by atoms with E-state index in [9.17, 15) is 18.0 Å². The molecule has 9 heteroatoms. The Bertz CT molecular complexity index is 545. The number of carbonyl (C=O) groups is 1. The zero-order valence-electron chi connectivity index (χ0n) is 12.5. The number of rotatable bonds is 2. The van der Waals surface area contributed by atoms with Gasteiger partial charge in [0.2, 0.25) is 0 Å². The first-order valence-electron chi connectivity index (χ1n) is 6.79. The van der Waals surface area contributed by atoms with Crippen LogP contribution in [0.4, 0.5) is 18.0 Å². The average Bonchev–Trinajstić information content (AvgIpc) is 2.82. The standard InChI is InChI=1S/C13H18F3N3O2S/c1-8-5-19(7-12(2,3)21-8)11(20)17-4-10-18-9(6-22-10)13(14,15)16/h6,8H,4-5,7H2,1-3H3,(H,17,20)/t8-/m0/s1. The van der Waals surface area contributed by atoms with E-state index in [0.29, 0.717) is 13.1 Å². The Morgan fingerprint density at radius 3 is 2.82 bits per heavy atom. The first-order valence-corrected chi connectivity index (χ1v) is 7.67. The number of nitrogens with zero attached hydrogens (tertiary/aromatic N) is 2. The predicted octanol–water partition coefficient (Wildman–Crippen LogP) is 2.87. The molecule has 1 aliphatic rings. The van der Waals surface area contributed by atoms with Crippen molar-refractivity contribution in [2.45, 2.75) is 45.2 Å². The van der Waals surface area contributed by atoms with Crippen LogP contribution in [0.3, 0.4) is 0 Å². The van der Waals surface area contributed by atoms with Crippen LogP contribution in [0.1, 0.15) is 31.5 Å². The molecular weight excluding hydrogens is 319 g/mol. The molecule has 5 nitrogen and oxygen atoms in total. The van der Waals surface area contributed by atoms with Crippen molar-refractivity contribution in [3.63, 3.8) is 0 Å². The summed E-state index contributed by atoms with van der Waals surface area (Å²) in [5.41, 5.74) is -1.37. The number of ether oxygens (including phenoxy) is 1. The molecule has 1 aliphatic heterocycles. The number of morpholine rings is 1. The topological polar surface area (TPSA) is 54.5 Å². The third kappa shape index (κ3) is 4.33. The van der Waals surface area contributed by atoms with Crippen molar-refractivity contribution in [2.24, 2.45) is 0 Å². The van der Waals surface area contributed by atoms with Crippen LogP contribution in [0.2, 0.25) is 0 Å². The minimum Gasteiger partial charge on any atom is -0.369 e. The fourth-order valence-corrected chi connectivity index (χ4v) is 3.13. The average molecular weight is 337 g/mol. The molecule has 0 saturated carbocycles. The second-order valence-electron chi connectivity index (χ2n) is 5.85. The first-order chi connectivity index (χ1) is 10.1. The molecule has 0 aromatic carbocycles. The molecule has 2 rings (SSSR count). The molecule has 0 radical (unpaired) electrons. The minimum atomic E-state index is -4.46. The van der Waals surface area contributed by atoms with Gasteiger partial charge < -0.3 is 15.0 Å². The van der Waals surface area contributed by atoms with E-state index in [-0.39, 0.29) is 23.7 Å². The zero-order valence-corrected chi connectivity index (χ0v) is 13.3. The summed E-state index contributed by atoms with van der Waals surface area (Å²) in [4.78, 5) is 17.2. The quantitative estimate of drug-likeness (QED) is 0.903. The van der Waals surface area contributed by atoms with E-state index in [0.717, 1.165) is 16.7 Å². The van der Waals surface area contributed by atoms with Crippen molar-refractivity contribution in [3.8, 4) is 0 Å². The van der Waals surface area contributed by atoms with E-state index < -0.39 is 17.5 Å². The van der Waals surface area contributed by atoms with Gasteiger partial charge in [-0.2, -0.15) is 13.2 Å². The van der Waals surface area contributed by atoms with Crippen molar-refractivity contribution >= 4 is 17.4 Å². The highest BCUT2D eigenvalue weighted by atomic mass is 32.1. The van der Waals surface area contributed by atoms with Crippen molar-refractivity contribution in [3.05, 3.63) is 16.1 Å². The molecule has 1 atom stereocenters. The minimum absolute atomic E-state index is 0.0221. The molecule has 2 heterocycles. The van der Waals surface area contributed by atoms with Gasteiger partial charge in [0, 0.05) is 11.9 Å². The van der Waals surface area contributed by atoms with Gasteiger partial charge in [0.1, 0.15) is 5.01 Å². The van der Waals surface area contributed by atoms with Crippen LogP contribution in [-0.4, -0.2) is 40.7 Å². The summed E-state index contributed by atoms with van der Waals surface area (Å²) < 4.78 is 43.1. The number of carbonyl (C=O) groups excluding carboxylic acids is 1. The third-order valence-corrected chi connectivity index (χ3v) is 3.94. The number of hydrogen-bond acceptors (Lipinski definition) is 4. The Morgan fingerprint density at radius 2 is 2.27 bits per heavy atom. The highest BCUT2D eigenvalue weighted by molar-refractivity contribution is 7.09. The van der Waals surface area contributed by atoms with Gasteiger partial charge in [0.15, 0.2) is 5.69 Å². The van der Waals surface area contributed by atoms with Crippen LogP contribution in [0.25, 0.3) is 0 Å². The Morgan fingerprint density at radius 1 is 1.59 bits per heavy atom. The fraction of sp³-hybridized carbons (Fsp3) is 0.692. The monoisotopic (exact) mass is 337 g/mol. The van der Waals surface area contributed by atoms with Gasteiger partial charge in [-0.3, -0.25) is 0 Å². The largest absolute Gasteiger partial charge is 0.434 e. The number of aromatic nitrogens is 1. The summed E-state index contributed by atoms with van der Waals surface area (Å²) in [5, 5.41) is 3.77. The summed E-state index contributed by atoms with van der Waals surface area (Å²) in [5.74, 6) is 0. The molecule has 1 saturated heterocycles. The molecule has 1 N–H and O–H groups in total. The smallest absolute Gasteiger partial charge is 0.369 e. The normalized spacial score (nSPS) is 21.7. The highest BCUT2D eigenvalue weighted by Crippen LogP contribution is 2.30. The Balaban J connectivity index is 1.91. The second-order valence-corrected chi connectivity index (χ2v) is 6.79. The van der Waals surface area contributed by atoms with E-state index in [1.807, 2.05) is 20.8 Å². The molecule has 0 spiro atoms. The van der Waals surface area contributed by atoms with Crippen molar-refractivity contribution in [2.75, 3.05) is 13.1 Å². The van der Waals surface area contributed by atoms with Gasteiger partial charge in [-0.05, 0) is 20.8 Å². The van der Waals surface area contributed by atoms with E-state index in [2.05, 4.69) is 10.3 Å². The van der Waals surface area contributed by atoms with Crippen LogP contribution >= 0.6 is 11.3 Å². The van der Waals surface area contributed by atoms with Gasteiger partial charge in [-0.25, -0.2) is 9.78 Å². The number of hydrogen-bond donors (Lipinski definition) is 1. The Labute approximate surface area is 130 Å². The van der Waals surface area contributed by atoms with Gasteiger partial charge >= 0.3 is 12.2 Å². The highest BCUT2D eigenvalue weighted by Gasteiger charge is 2.35. The number of thiazole rings is 1. The first kappa shape index (κ1) is 17.0. The summed E-state index contributed by atoms with van der Waals surface area (Å²) in [6, 6.07) is -0.327. The van der Waals surface area contributed by atoms with E-state index in [1.165, 1.54) is 0 Å². The lowest BCUT2D eigenvalue weighted by molar-refractivity contribution is -0.140. The van der Waals surface area contributed by atoms with Crippen LogP contribution < -0.4 is 5.32 Å². The maximum atomic E-state index is 12.5. The summed E-state index contributed by atoms with van der Waals surface area (Å²) in [6.45, 7) is 6.50. The van der Waals surface area contributed by atoms with Gasteiger partial charge in [0.25, 0.3) is 0 Å². The molecule has 22 heavy (non-hydrogen) atoms. The van der Waals surface area contributed by atoms with Crippen LogP contribution in [-0.2, 0) is 17.5 Å². The molecule has 124 valence electrons. The van der Waals surface area contributed by atoms with Crippen LogP contribution in [0, 0.1) is 0 Å². The zero-order chi connectivity index (χ0) is 16.5. The molecular formula is C13H18F3N3O2S. The third-order valence-electron chi connectivity index (χ3n) is 3.09. The van der Waals surface area contributed by atoms with E-state index in [1.54, 1.807) is 4.90 Å². The number of halogens is 3. The van der Waals surface area contributed by atoms with Crippen molar-refractivity contribution < 1.29 is 22.7 Å². The number of nitrogens with one attached hydrogen (secondary N) is 1. The molecule has 1 fully saturated rings. The maximum Gasteiger partial charge on any atom is 0.434 e. The summed E-state index contributed by atoms with van der Waals surface area (Å²) in [7, 11) is 0. The lowest BCUT2D eigenvalue weighted by Gasteiger charge is -2.41. The lowest BCUT2D eigenvalue weighted by Crippen LogP contribution is -2.56. The SMILES string of the molecule is C[C@H]1CN(C(=O)NCc2nc(C(F)(F)F)cs2)CC(C)(C)O1. The second kappa shape index (κ2) is 6.04. The number of alkyl halides is 3. The molecule has 0 aliphatic carbocycles. The van der Waals surface area contributed by atoms with Crippen LogP contribution in [0.15, 0.2) is 5.38 Å². The van der Waals surface area contributed by atoms with Gasteiger partial charge in [-0.1, -0.05) is 0 Å². The van der Waals surface area contributed by atoms with Gasteiger partial charge in [0.05, 0.1) is 24.8 Å². The summed E-state index contributed by atoms with van der Waals surface area (Å²) >= 11 is 0.876. The summed E-state index contributed by atoms with van der Waals surface area (Å²) in [6.07, 6.45) is -4.55. The molecule has 1 aromatic rings. The Kier molecular flexibility index (Phi) is 4.67. The molecule has 1 aromatic heterocycles. The Hall–Kier alpha value is -1.35. The number of amides is 2.